The number of aromatic nitrogens is 1. The van der Waals surface area contributed by atoms with Crippen LogP contribution in [0, 0.1) is 11.8 Å². The zero-order valence-corrected chi connectivity index (χ0v) is 10.6. The Bertz CT molecular complexity index is 499. The second-order valence-electron chi connectivity index (χ2n) is 4.28. The largest absolute Gasteiger partial charge is 0.384 e. The molecule has 19 heavy (non-hydrogen) atoms. The average Bonchev–Trinajstić information content (AvgIpc) is 2.89. The van der Waals surface area contributed by atoms with Crippen molar-refractivity contribution in [1.82, 2.24) is 4.98 Å². The van der Waals surface area contributed by atoms with Crippen molar-refractivity contribution in [3.63, 3.8) is 0 Å². The lowest BCUT2D eigenvalue weighted by molar-refractivity contribution is -0.118. The number of aliphatic hydroxyl groups excluding tert-OH is 1. The van der Waals surface area contributed by atoms with Crippen LogP contribution in [0.1, 0.15) is 24.8 Å². The number of carbonyl (C=O) groups is 1. The van der Waals surface area contributed by atoms with Crippen LogP contribution in [0.4, 0.5) is 5.82 Å². The predicted octanol–water partition coefficient (Wildman–Crippen LogP) is 0.933. The molecule has 5 nitrogen and oxygen atoms in total. The minimum Gasteiger partial charge on any atom is -0.384 e. The summed E-state index contributed by atoms with van der Waals surface area (Å²) in [6.45, 7) is 0.547. The molecule has 0 radical (unpaired) electrons. The van der Waals surface area contributed by atoms with Gasteiger partial charge in [-0.3, -0.25) is 4.79 Å². The number of nitrogens with one attached hydrogen (secondary N) is 1. The molecule has 0 aliphatic carbocycles. The van der Waals surface area contributed by atoms with Gasteiger partial charge in [-0.25, -0.2) is 4.98 Å². The molecule has 2 N–H and O–H groups in total. The Morgan fingerprint density at radius 3 is 3.26 bits per heavy atom. The van der Waals surface area contributed by atoms with E-state index in [2.05, 4.69) is 22.1 Å². The fourth-order valence-electron chi connectivity index (χ4n) is 1.92. The van der Waals surface area contributed by atoms with Crippen LogP contribution in [0.5, 0.6) is 0 Å². The first-order valence-electron chi connectivity index (χ1n) is 6.25. The minimum atomic E-state index is -0.191. The molecule has 1 aliphatic rings. The van der Waals surface area contributed by atoms with E-state index in [0.29, 0.717) is 17.8 Å². The third kappa shape index (κ3) is 4.36. The summed E-state index contributed by atoms with van der Waals surface area (Å²) in [7, 11) is 0. The first-order chi connectivity index (χ1) is 9.28. The standard InChI is InChI=1S/C14H16N2O3/c17-7-1-3-11-5-6-15-13(9-11)16-14(18)10-12-4-2-8-19-12/h5-6,9,12,17H,2,4,7-8,10H2,(H,15,16,18). The van der Waals surface area contributed by atoms with Gasteiger partial charge in [0.15, 0.2) is 0 Å². The highest BCUT2D eigenvalue weighted by Crippen LogP contribution is 2.16. The summed E-state index contributed by atoms with van der Waals surface area (Å²) >= 11 is 0. The maximum atomic E-state index is 11.8. The van der Waals surface area contributed by atoms with Crippen LogP contribution in [0.25, 0.3) is 0 Å². The SMILES string of the molecule is O=C(CC1CCCO1)Nc1cc(C#CCO)ccn1. The zero-order chi connectivity index (χ0) is 13.5. The summed E-state index contributed by atoms with van der Waals surface area (Å²) < 4.78 is 5.41. The maximum absolute atomic E-state index is 11.8. The summed E-state index contributed by atoms with van der Waals surface area (Å²) in [6, 6.07) is 3.40. The van der Waals surface area contributed by atoms with Crippen molar-refractivity contribution in [2.75, 3.05) is 18.5 Å². The van der Waals surface area contributed by atoms with Gasteiger partial charge < -0.3 is 15.2 Å². The molecule has 0 spiro atoms. The van der Waals surface area contributed by atoms with Gasteiger partial charge >= 0.3 is 0 Å². The summed E-state index contributed by atoms with van der Waals surface area (Å²) in [5, 5.41) is 11.4. The van der Waals surface area contributed by atoms with Crippen molar-refractivity contribution >= 4 is 11.7 Å². The Balaban J connectivity index is 1.92. The molecule has 1 aliphatic heterocycles. The molecule has 1 aromatic rings. The van der Waals surface area contributed by atoms with E-state index in [0.717, 1.165) is 19.4 Å². The number of rotatable bonds is 3. The van der Waals surface area contributed by atoms with Crippen LogP contribution in [-0.2, 0) is 9.53 Å². The van der Waals surface area contributed by atoms with E-state index in [-0.39, 0.29) is 18.6 Å². The molecule has 5 heteroatoms. The van der Waals surface area contributed by atoms with E-state index in [9.17, 15) is 4.79 Å². The first-order valence-corrected chi connectivity index (χ1v) is 6.25. The Labute approximate surface area is 112 Å². The number of amides is 1. The number of ether oxygens (including phenoxy) is 1. The van der Waals surface area contributed by atoms with Gasteiger partial charge in [-0.05, 0) is 25.0 Å². The van der Waals surface area contributed by atoms with E-state index >= 15 is 0 Å². The molecular weight excluding hydrogens is 244 g/mol. The van der Waals surface area contributed by atoms with E-state index in [1.165, 1.54) is 0 Å². The van der Waals surface area contributed by atoms with Crippen molar-refractivity contribution in [2.24, 2.45) is 0 Å². The number of hydrogen-bond donors (Lipinski definition) is 2. The summed E-state index contributed by atoms with van der Waals surface area (Å²) in [6.07, 6.45) is 3.90. The van der Waals surface area contributed by atoms with Crippen LogP contribution in [0.15, 0.2) is 18.3 Å². The van der Waals surface area contributed by atoms with Crippen LogP contribution >= 0.6 is 0 Å². The highest BCUT2D eigenvalue weighted by atomic mass is 16.5. The van der Waals surface area contributed by atoms with Crippen molar-refractivity contribution < 1.29 is 14.6 Å². The van der Waals surface area contributed by atoms with Crippen LogP contribution in [0.2, 0.25) is 0 Å². The van der Waals surface area contributed by atoms with Crippen LogP contribution < -0.4 is 5.32 Å². The smallest absolute Gasteiger partial charge is 0.228 e. The molecule has 1 saturated heterocycles. The monoisotopic (exact) mass is 260 g/mol. The molecule has 1 atom stereocenters. The van der Waals surface area contributed by atoms with Crippen molar-refractivity contribution in [2.45, 2.75) is 25.4 Å². The van der Waals surface area contributed by atoms with Crippen molar-refractivity contribution in [1.29, 1.82) is 0 Å². The molecule has 1 unspecified atom stereocenters. The zero-order valence-electron chi connectivity index (χ0n) is 10.6. The molecule has 2 rings (SSSR count). The van der Waals surface area contributed by atoms with Gasteiger partial charge in [0.25, 0.3) is 0 Å². The third-order valence-corrected chi connectivity index (χ3v) is 2.78. The first kappa shape index (κ1) is 13.5. The lowest BCUT2D eigenvalue weighted by Crippen LogP contribution is -2.19. The van der Waals surface area contributed by atoms with Crippen LogP contribution in [-0.4, -0.2) is 35.3 Å². The number of hydrogen-bond acceptors (Lipinski definition) is 4. The Morgan fingerprint density at radius 1 is 1.63 bits per heavy atom. The van der Waals surface area contributed by atoms with Gasteiger partial charge in [-0.1, -0.05) is 11.8 Å². The quantitative estimate of drug-likeness (QED) is 0.793. The second kappa shape index (κ2) is 6.88. The average molecular weight is 260 g/mol. The Hall–Kier alpha value is -1.90. The fraction of sp³-hybridized carbons (Fsp3) is 0.429. The molecule has 1 aromatic heterocycles. The molecule has 0 aromatic carbocycles. The van der Waals surface area contributed by atoms with Gasteiger partial charge in [-0.2, -0.15) is 0 Å². The highest BCUT2D eigenvalue weighted by molar-refractivity contribution is 5.90. The fourth-order valence-corrected chi connectivity index (χ4v) is 1.92. The number of carbonyl (C=O) groups excluding carboxylic acids is 1. The molecule has 2 heterocycles. The third-order valence-electron chi connectivity index (χ3n) is 2.78. The number of anilines is 1. The minimum absolute atomic E-state index is 0.0253. The summed E-state index contributed by atoms with van der Waals surface area (Å²) in [5.41, 5.74) is 0.705. The van der Waals surface area contributed by atoms with E-state index in [4.69, 9.17) is 9.84 Å². The Kier molecular flexibility index (Phi) is 4.90. The van der Waals surface area contributed by atoms with E-state index in [1.807, 2.05) is 0 Å². The molecule has 1 fully saturated rings. The summed E-state index contributed by atoms with van der Waals surface area (Å²) in [4.78, 5) is 15.8. The van der Waals surface area contributed by atoms with Gasteiger partial charge in [0, 0.05) is 18.4 Å². The topological polar surface area (TPSA) is 71.5 Å². The molecule has 0 bridgehead atoms. The molecule has 0 saturated carbocycles. The van der Waals surface area contributed by atoms with Crippen molar-refractivity contribution in [3.8, 4) is 11.8 Å². The summed E-state index contributed by atoms with van der Waals surface area (Å²) in [5.74, 6) is 5.67. The molecular formula is C14H16N2O3. The molecule has 1 amide bonds. The predicted molar refractivity (Wildman–Crippen MR) is 70.4 cm³/mol. The van der Waals surface area contributed by atoms with E-state index < -0.39 is 0 Å². The normalized spacial score (nSPS) is 17.6. The number of aliphatic hydroxyl groups is 1. The van der Waals surface area contributed by atoms with Gasteiger partial charge in [0.2, 0.25) is 5.91 Å². The number of nitrogens with zero attached hydrogens (tertiary/aromatic N) is 1. The Morgan fingerprint density at radius 2 is 2.53 bits per heavy atom. The van der Waals surface area contributed by atoms with Gasteiger partial charge in [-0.15, -0.1) is 0 Å². The number of pyridine rings is 1. The maximum Gasteiger partial charge on any atom is 0.228 e. The van der Waals surface area contributed by atoms with Crippen LogP contribution in [0.3, 0.4) is 0 Å². The van der Waals surface area contributed by atoms with Gasteiger partial charge in [0.05, 0.1) is 12.5 Å². The lowest BCUT2D eigenvalue weighted by Gasteiger charge is -2.09. The van der Waals surface area contributed by atoms with Gasteiger partial charge in [0.1, 0.15) is 12.4 Å². The van der Waals surface area contributed by atoms with E-state index in [1.54, 1.807) is 18.3 Å². The molecule has 100 valence electrons. The lowest BCUT2D eigenvalue weighted by atomic mass is 10.2. The van der Waals surface area contributed by atoms with Crippen molar-refractivity contribution in [3.05, 3.63) is 23.9 Å². The highest BCUT2D eigenvalue weighted by Gasteiger charge is 2.19. The second-order valence-corrected chi connectivity index (χ2v) is 4.28.